The Morgan fingerprint density at radius 3 is 1.62 bits per heavy atom. The molecule has 0 aliphatic rings. The van der Waals surface area contributed by atoms with E-state index in [1.54, 1.807) is 0 Å². The molecule has 0 fully saturated rings. The van der Waals surface area contributed by atoms with Crippen LogP contribution in [0.15, 0.2) is 0 Å². The van der Waals surface area contributed by atoms with Crippen LogP contribution in [-0.4, -0.2) is 12.6 Å². The van der Waals surface area contributed by atoms with Gasteiger partial charge in [-0.25, -0.2) is 0 Å². The summed E-state index contributed by atoms with van der Waals surface area (Å²) in [6, 6.07) is 0.788. The van der Waals surface area contributed by atoms with Gasteiger partial charge in [0.1, 0.15) is 0 Å². The van der Waals surface area contributed by atoms with Crippen LogP contribution in [0.2, 0.25) is 0 Å². The smallest absolute Gasteiger partial charge is 0.00669 e. The van der Waals surface area contributed by atoms with Crippen LogP contribution in [0.3, 0.4) is 0 Å². The molecule has 0 aromatic heterocycles. The summed E-state index contributed by atoms with van der Waals surface area (Å²) in [7, 11) is 0. The van der Waals surface area contributed by atoms with Crippen LogP contribution in [0.5, 0.6) is 0 Å². The molecule has 1 heteroatoms. The third-order valence-electron chi connectivity index (χ3n) is 4.51. The zero-order valence-corrected chi connectivity index (χ0v) is 15.4. The minimum atomic E-state index is 0.788. The molecule has 0 rings (SSSR count). The molecule has 0 spiro atoms. The van der Waals surface area contributed by atoms with E-state index in [-0.39, 0.29) is 0 Å². The summed E-state index contributed by atoms with van der Waals surface area (Å²) in [6.07, 6.45) is 21.1. The minimum absolute atomic E-state index is 0.788. The number of rotatable bonds is 17. The molecule has 0 saturated carbocycles. The van der Waals surface area contributed by atoms with Gasteiger partial charge in [0.15, 0.2) is 0 Å². The van der Waals surface area contributed by atoms with Crippen molar-refractivity contribution in [2.75, 3.05) is 6.54 Å². The van der Waals surface area contributed by atoms with Crippen LogP contribution in [0.4, 0.5) is 0 Å². The molecule has 0 aromatic rings. The van der Waals surface area contributed by atoms with Gasteiger partial charge in [-0.1, -0.05) is 97.8 Å². The highest BCUT2D eigenvalue weighted by atomic mass is 14.9. The SMILES string of the molecule is CCCCCCCCCCNC(CCC)CCCCCC. The topological polar surface area (TPSA) is 12.0 Å². The summed E-state index contributed by atoms with van der Waals surface area (Å²) in [4.78, 5) is 0. The monoisotopic (exact) mass is 297 g/mol. The first-order chi connectivity index (χ1) is 10.3. The Bertz CT molecular complexity index is 179. The van der Waals surface area contributed by atoms with E-state index in [4.69, 9.17) is 0 Å². The molecular formula is C20H43N. The van der Waals surface area contributed by atoms with Gasteiger partial charge in [0.25, 0.3) is 0 Å². The van der Waals surface area contributed by atoms with Crippen molar-refractivity contribution in [1.29, 1.82) is 0 Å². The molecule has 128 valence electrons. The molecule has 1 atom stereocenters. The fourth-order valence-electron chi connectivity index (χ4n) is 3.08. The number of hydrogen-bond acceptors (Lipinski definition) is 1. The first-order valence-electron chi connectivity index (χ1n) is 10.1. The quantitative estimate of drug-likeness (QED) is 0.289. The van der Waals surface area contributed by atoms with Gasteiger partial charge in [0.2, 0.25) is 0 Å². The van der Waals surface area contributed by atoms with Crippen LogP contribution >= 0.6 is 0 Å². The van der Waals surface area contributed by atoms with Crippen molar-refractivity contribution in [1.82, 2.24) is 5.32 Å². The molecule has 0 bridgehead atoms. The molecule has 0 amide bonds. The van der Waals surface area contributed by atoms with Crippen LogP contribution in [0.1, 0.15) is 117 Å². The normalized spacial score (nSPS) is 12.7. The standard InChI is InChI=1S/C20H43N/c1-4-7-9-11-12-13-14-16-19-21-20(17-6-3)18-15-10-8-5-2/h20-21H,4-19H2,1-3H3. The van der Waals surface area contributed by atoms with Gasteiger partial charge >= 0.3 is 0 Å². The maximum atomic E-state index is 3.81. The third-order valence-corrected chi connectivity index (χ3v) is 4.51. The second-order valence-corrected chi connectivity index (χ2v) is 6.76. The second-order valence-electron chi connectivity index (χ2n) is 6.76. The molecule has 1 nitrogen and oxygen atoms in total. The molecule has 1 N–H and O–H groups in total. The Morgan fingerprint density at radius 2 is 1.05 bits per heavy atom. The Morgan fingerprint density at radius 1 is 0.524 bits per heavy atom. The van der Waals surface area contributed by atoms with Crippen molar-refractivity contribution in [2.45, 2.75) is 123 Å². The van der Waals surface area contributed by atoms with Crippen molar-refractivity contribution in [3.63, 3.8) is 0 Å². The van der Waals surface area contributed by atoms with E-state index in [1.807, 2.05) is 0 Å². The highest BCUT2D eigenvalue weighted by Crippen LogP contribution is 2.11. The maximum Gasteiger partial charge on any atom is 0.00669 e. The van der Waals surface area contributed by atoms with E-state index in [0.717, 1.165) is 6.04 Å². The lowest BCUT2D eigenvalue weighted by Crippen LogP contribution is -2.29. The average Bonchev–Trinajstić information content (AvgIpc) is 2.49. The maximum absolute atomic E-state index is 3.81. The van der Waals surface area contributed by atoms with Gasteiger partial charge in [-0.2, -0.15) is 0 Å². The lowest BCUT2D eigenvalue weighted by Gasteiger charge is -2.18. The first kappa shape index (κ1) is 21.0. The van der Waals surface area contributed by atoms with Crippen molar-refractivity contribution in [3.05, 3.63) is 0 Å². The van der Waals surface area contributed by atoms with E-state index in [0.29, 0.717) is 0 Å². The Balaban J connectivity index is 3.38. The van der Waals surface area contributed by atoms with Crippen molar-refractivity contribution in [3.8, 4) is 0 Å². The predicted octanol–water partition coefficient (Wildman–Crippen LogP) is 6.86. The van der Waals surface area contributed by atoms with E-state index in [9.17, 15) is 0 Å². The molecule has 1 unspecified atom stereocenters. The van der Waals surface area contributed by atoms with Gasteiger partial charge in [-0.3, -0.25) is 0 Å². The lowest BCUT2D eigenvalue weighted by molar-refractivity contribution is 0.420. The second kappa shape index (κ2) is 18.0. The molecule has 0 saturated heterocycles. The Hall–Kier alpha value is -0.0400. The van der Waals surface area contributed by atoms with Crippen LogP contribution in [0.25, 0.3) is 0 Å². The molecule has 0 aromatic carbocycles. The van der Waals surface area contributed by atoms with Crippen molar-refractivity contribution < 1.29 is 0 Å². The molecular weight excluding hydrogens is 254 g/mol. The summed E-state index contributed by atoms with van der Waals surface area (Å²) >= 11 is 0. The fourth-order valence-corrected chi connectivity index (χ4v) is 3.08. The summed E-state index contributed by atoms with van der Waals surface area (Å²) in [6.45, 7) is 8.15. The molecule has 0 aliphatic heterocycles. The van der Waals surface area contributed by atoms with E-state index >= 15 is 0 Å². The minimum Gasteiger partial charge on any atom is -0.314 e. The zero-order valence-electron chi connectivity index (χ0n) is 15.4. The molecule has 21 heavy (non-hydrogen) atoms. The van der Waals surface area contributed by atoms with Gasteiger partial charge in [0.05, 0.1) is 0 Å². The van der Waals surface area contributed by atoms with Crippen LogP contribution < -0.4 is 5.32 Å². The van der Waals surface area contributed by atoms with Crippen LogP contribution in [0, 0.1) is 0 Å². The molecule has 0 aliphatic carbocycles. The third kappa shape index (κ3) is 16.2. The summed E-state index contributed by atoms with van der Waals surface area (Å²) in [5, 5.41) is 3.81. The largest absolute Gasteiger partial charge is 0.314 e. The lowest BCUT2D eigenvalue weighted by atomic mass is 10.0. The summed E-state index contributed by atoms with van der Waals surface area (Å²) in [5.41, 5.74) is 0. The average molecular weight is 298 g/mol. The predicted molar refractivity (Wildman–Crippen MR) is 98.1 cm³/mol. The van der Waals surface area contributed by atoms with Gasteiger partial charge in [0, 0.05) is 6.04 Å². The first-order valence-corrected chi connectivity index (χ1v) is 10.1. The van der Waals surface area contributed by atoms with Gasteiger partial charge in [-0.05, 0) is 25.8 Å². The number of hydrogen-bond donors (Lipinski definition) is 1. The number of unbranched alkanes of at least 4 members (excludes halogenated alkanes) is 10. The fraction of sp³-hybridized carbons (Fsp3) is 1.00. The molecule has 0 radical (unpaired) electrons. The highest BCUT2D eigenvalue weighted by Gasteiger charge is 2.06. The molecule has 0 heterocycles. The number of nitrogens with one attached hydrogen (secondary N) is 1. The summed E-state index contributed by atoms with van der Waals surface area (Å²) in [5.74, 6) is 0. The van der Waals surface area contributed by atoms with Gasteiger partial charge < -0.3 is 5.32 Å². The highest BCUT2D eigenvalue weighted by molar-refractivity contribution is 4.66. The van der Waals surface area contributed by atoms with E-state index in [1.165, 1.54) is 103 Å². The van der Waals surface area contributed by atoms with E-state index < -0.39 is 0 Å². The van der Waals surface area contributed by atoms with Crippen molar-refractivity contribution >= 4 is 0 Å². The zero-order chi connectivity index (χ0) is 15.6. The van der Waals surface area contributed by atoms with E-state index in [2.05, 4.69) is 26.1 Å². The Kier molecular flexibility index (Phi) is 18.0. The van der Waals surface area contributed by atoms with Gasteiger partial charge in [-0.15, -0.1) is 0 Å². The van der Waals surface area contributed by atoms with Crippen molar-refractivity contribution in [2.24, 2.45) is 0 Å². The van der Waals surface area contributed by atoms with Crippen LogP contribution in [-0.2, 0) is 0 Å². The Labute approximate surface area is 135 Å². The summed E-state index contributed by atoms with van der Waals surface area (Å²) < 4.78 is 0.